The lowest BCUT2D eigenvalue weighted by atomic mass is 10.1. The van der Waals surface area contributed by atoms with Gasteiger partial charge >= 0.3 is 5.97 Å². The number of hydrogen-bond acceptors (Lipinski definition) is 7. The van der Waals surface area contributed by atoms with E-state index < -0.39 is 5.97 Å². The molecule has 8 nitrogen and oxygen atoms in total. The van der Waals surface area contributed by atoms with Crippen LogP contribution < -0.4 is 24.3 Å². The van der Waals surface area contributed by atoms with Gasteiger partial charge in [-0.25, -0.2) is 4.79 Å². The van der Waals surface area contributed by atoms with Gasteiger partial charge in [0.1, 0.15) is 11.3 Å². The Hall–Kier alpha value is -3.42. The first-order valence-corrected chi connectivity index (χ1v) is 8.39. The van der Waals surface area contributed by atoms with Gasteiger partial charge in [0.25, 0.3) is 5.91 Å². The summed E-state index contributed by atoms with van der Waals surface area (Å²) in [4.78, 5) is 23.9. The second-order valence-electron chi connectivity index (χ2n) is 5.59. The van der Waals surface area contributed by atoms with Crippen LogP contribution in [0.4, 0.5) is 0 Å². The van der Waals surface area contributed by atoms with Crippen molar-refractivity contribution in [1.29, 1.82) is 0 Å². The number of carbonyl (C=O) groups is 2. The van der Waals surface area contributed by atoms with Crippen LogP contribution in [0.3, 0.4) is 0 Å². The van der Waals surface area contributed by atoms with E-state index in [1.54, 1.807) is 36.4 Å². The quantitative estimate of drug-likeness (QED) is 0.657. The first-order valence-electron chi connectivity index (χ1n) is 8.39. The van der Waals surface area contributed by atoms with E-state index in [0.717, 1.165) is 5.56 Å². The summed E-state index contributed by atoms with van der Waals surface area (Å²) in [5.74, 6) is 0.852. The highest BCUT2D eigenvalue weighted by atomic mass is 16.5. The number of rotatable bonds is 9. The van der Waals surface area contributed by atoms with Crippen molar-refractivity contribution in [3.8, 4) is 23.0 Å². The molecule has 2 aromatic rings. The average Bonchev–Trinajstić information content (AvgIpc) is 2.74. The maximum atomic E-state index is 12.1. The first kappa shape index (κ1) is 20.9. The zero-order valence-electron chi connectivity index (χ0n) is 16.2. The summed E-state index contributed by atoms with van der Waals surface area (Å²) in [6.45, 7) is -0.0179. The molecule has 0 aliphatic carbocycles. The second-order valence-corrected chi connectivity index (χ2v) is 5.59. The largest absolute Gasteiger partial charge is 0.493 e. The predicted octanol–water partition coefficient (Wildman–Crippen LogP) is 2.19. The standard InChI is InChI=1S/C20H23NO7/c1-24-16-9-13(10-17(25-2)19(16)26-3)11-21-18(22)12-28-15-8-6-5-7-14(15)20(23)27-4/h5-10H,11-12H2,1-4H3,(H,21,22). The van der Waals surface area contributed by atoms with Gasteiger partial charge in [-0.1, -0.05) is 12.1 Å². The number of carbonyl (C=O) groups excluding carboxylic acids is 2. The van der Waals surface area contributed by atoms with E-state index in [2.05, 4.69) is 5.32 Å². The van der Waals surface area contributed by atoms with Crippen molar-refractivity contribution in [2.24, 2.45) is 0 Å². The van der Waals surface area contributed by atoms with Crippen LogP contribution in [0.5, 0.6) is 23.0 Å². The molecule has 0 spiro atoms. The minimum atomic E-state index is -0.534. The van der Waals surface area contributed by atoms with Crippen LogP contribution in [-0.4, -0.2) is 46.9 Å². The molecular weight excluding hydrogens is 366 g/mol. The molecule has 0 saturated heterocycles. The van der Waals surface area contributed by atoms with Gasteiger partial charge in [-0.2, -0.15) is 0 Å². The maximum absolute atomic E-state index is 12.1. The molecule has 0 radical (unpaired) electrons. The number of para-hydroxylation sites is 1. The lowest BCUT2D eigenvalue weighted by Crippen LogP contribution is -2.28. The van der Waals surface area contributed by atoms with Crippen molar-refractivity contribution < 1.29 is 33.3 Å². The average molecular weight is 389 g/mol. The zero-order valence-corrected chi connectivity index (χ0v) is 16.2. The molecule has 2 rings (SSSR count). The Morgan fingerprint density at radius 3 is 2.11 bits per heavy atom. The Morgan fingerprint density at radius 2 is 1.54 bits per heavy atom. The van der Waals surface area contributed by atoms with E-state index >= 15 is 0 Å². The Bertz CT molecular complexity index is 810. The van der Waals surface area contributed by atoms with Crippen molar-refractivity contribution in [1.82, 2.24) is 5.32 Å². The Kier molecular flexibility index (Phi) is 7.50. The van der Waals surface area contributed by atoms with E-state index in [9.17, 15) is 9.59 Å². The van der Waals surface area contributed by atoms with Crippen LogP contribution in [0.15, 0.2) is 36.4 Å². The van der Waals surface area contributed by atoms with Crippen molar-refractivity contribution in [3.05, 3.63) is 47.5 Å². The fraction of sp³-hybridized carbons (Fsp3) is 0.300. The number of benzene rings is 2. The minimum absolute atomic E-state index is 0.234. The highest BCUT2D eigenvalue weighted by Gasteiger charge is 2.15. The third kappa shape index (κ3) is 5.06. The third-order valence-electron chi connectivity index (χ3n) is 3.87. The fourth-order valence-electron chi connectivity index (χ4n) is 2.50. The Balaban J connectivity index is 1.99. The Labute approximate surface area is 163 Å². The zero-order chi connectivity index (χ0) is 20.5. The van der Waals surface area contributed by atoms with Crippen molar-refractivity contribution in [2.45, 2.75) is 6.54 Å². The molecule has 0 bridgehead atoms. The van der Waals surface area contributed by atoms with E-state index in [-0.39, 0.29) is 30.4 Å². The second kappa shape index (κ2) is 10.1. The van der Waals surface area contributed by atoms with Gasteiger partial charge in [-0.3, -0.25) is 4.79 Å². The minimum Gasteiger partial charge on any atom is -0.493 e. The lowest BCUT2D eigenvalue weighted by molar-refractivity contribution is -0.123. The molecule has 0 aliphatic rings. The van der Waals surface area contributed by atoms with Crippen LogP contribution in [0.25, 0.3) is 0 Å². The number of ether oxygens (including phenoxy) is 5. The topological polar surface area (TPSA) is 92.3 Å². The maximum Gasteiger partial charge on any atom is 0.341 e. The molecule has 150 valence electrons. The molecule has 1 amide bonds. The summed E-state index contributed by atoms with van der Waals surface area (Å²) in [5, 5.41) is 2.74. The van der Waals surface area contributed by atoms with Crippen LogP contribution in [-0.2, 0) is 16.1 Å². The van der Waals surface area contributed by atoms with Gasteiger partial charge in [0.2, 0.25) is 5.75 Å². The van der Waals surface area contributed by atoms with Gasteiger partial charge in [-0.05, 0) is 29.8 Å². The number of amides is 1. The first-order chi connectivity index (χ1) is 13.5. The smallest absolute Gasteiger partial charge is 0.341 e. The molecule has 28 heavy (non-hydrogen) atoms. The van der Waals surface area contributed by atoms with Gasteiger partial charge < -0.3 is 29.0 Å². The fourth-order valence-corrected chi connectivity index (χ4v) is 2.50. The summed E-state index contributed by atoms with van der Waals surface area (Å²) in [7, 11) is 5.84. The van der Waals surface area contributed by atoms with E-state index in [1.807, 2.05) is 0 Å². The molecule has 2 aromatic carbocycles. The lowest BCUT2D eigenvalue weighted by Gasteiger charge is -2.14. The van der Waals surface area contributed by atoms with Crippen LogP contribution in [0.2, 0.25) is 0 Å². The molecular formula is C20H23NO7. The van der Waals surface area contributed by atoms with Crippen LogP contribution in [0.1, 0.15) is 15.9 Å². The number of nitrogens with one attached hydrogen (secondary N) is 1. The molecule has 0 saturated carbocycles. The van der Waals surface area contributed by atoms with Crippen molar-refractivity contribution in [3.63, 3.8) is 0 Å². The summed E-state index contributed by atoms with van der Waals surface area (Å²) < 4.78 is 26.0. The van der Waals surface area contributed by atoms with Gasteiger partial charge in [0.15, 0.2) is 18.1 Å². The van der Waals surface area contributed by atoms with E-state index in [0.29, 0.717) is 17.2 Å². The predicted molar refractivity (Wildman–Crippen MR) is 101 cm³/mol. The molecule has 0 unspecified atom stereocenters. The SMILES string of the molecule is COC(=O)c1ccccc1OCC(=O)NCc1cc(OC)c(OC)c(OC)c1. The molecule has 0 heterocycles. The van der Waals surface area contributed by atoms with Crippen molar-refractivity contribution >= 4 is 11.9 Å². The summed E-state index contributed by atoms with van der Waals surface area (Å²) in [6.07, 6.45) is 0. The third-order valence-corrected chi connectivity index (χ3v) is 3.87. The monoisotopic (exact) mass is 389 g/mol. The van der Waals surface area contributed by atoms with Gasteiger partial charge in [0, 0.05) is 6.54 Å². The number of hydrogen-bond donors (Lipinski definition) is 1. The molecule has 0 fully saturated rings. The van der Waals surface area contributed by atoms with E-state index in [1.165, 1.54) is 28.4 Å². The summed E-state index contributed by atoms with van der Waals surface area (Å²) >= 11 is 0. The highest BCUT2D eigenvalue weighted by molar-refractivity contribution is 5.92. The number of esters is 1. The molecule has 0 aromatic heterocycles. The highest BCUT2D eigenvalue weighted by Crippen LogP contribution is 2.38. The molecule has 0 atom stereocenters. The normalized spacial score (nSPS) is 10.0. The van der Waals surface area contributed by atoms with Gasteiger partial charge in [0.05, 0.1) is 28.4 Å². The van der Waals surface area contributed by atoms with Crippen molar-refractivity contribution in [2.75, 3.05) is 35.0 Å². The van der Waals surface area contributed by atoms with Crippen LogP contribution >= 0.6 is 0 Å². The number of methoxy groups -OCH3 is 4. The molecule has 0 aliphatic heterocycles. The van der Waals surface area contributed by atoms with E-state index in [4.69, 9.17) is 23.7 Å². The summed E-state index contributed by atoms with van der Waals surface area (Å²) in [6, 6.07) is 10.0. The van der Waals surface area contributed by atoms with Gasteiger partial charge in [-0.15, -0.1) is 0 Å². The van der Waals surface area contributed by atoms with Crippen LogP contribution in [0, 0.1) is 0 Å². The summed E-state index contributed by atoms with van der Waals surface area (Å²) in [5.41, 5.74) is 1.01. The Morgan fingerprint density at radius 1 is 0.893 bits per heavy atom. The molecule has 1 N–H and O–H groups in total. The molecule has 8 heteroatoms.